The van der Waals surface area contributed by atoms with Gasteiger partial charge >= 0.3 is 10.8 Å². The Morgan fingerprint density at radius 1 is 0.625 bits per heavy atom. The fourth-order valence-corrected chi connectivity index (χ4v) is 81.5. The molecule has 0 aromatic heterocycles. The van der Waals surface area contributed by atoms with Crippen LogP contribution in [0.1, 0.15) is 0 Å². The fraction of sp³-hybridized carbons (Fsp3) is 1.00. The lowest BCUT2D eigenvalue weighted by atomic mass is 11.9. The smallest absolute Gasteiger partial charge is 0.192 e. The van der Waals surface area contributed by atoms with Crippen molar-refractivity contribution in [2.24, 2.45) is 0 Å². The summed E-state index contributed by atoms with van der Waals surface area (Å²) < 4.78 is 0. The minimum atomic E-state index is -1.18. The molecule has 0 N–H and O–H groups in total. The number of rotatable bonds is 6. The highest BCUT2D eigenvalue weighted by molar-refractivity contribution is 9.12. The predicted molar refractivity (Wildman–Crippen MR) is 107 cm³/mol. The Hall–Kier alpha value is 3.53. The fourth-order valence-electron chi connectivity index (χ4n) is 0.680. The van der Waals surface area contributed by atoms with Crippen LogP contribution in [0.4, 0.5) is 0 Å². The highest BCUT2D eigenvalue weighted by Crippen LogP contribution is 2.69. The third-order valence-electron chi connectivity index (χ3n) is 1.02. The van der Waals surface area contributed by atoms with E-state index in [1.807, 2.05) is 0 Å². The van der Waals surface area contributed by atoms with Crippen LogP contribution in [0.2, 0.25) is 0 Å². The molecule has 0 rings (SSSR count). The molecule has 0 aliphatic rings. The van der Waals surface area contributed by atoms with Crippen LogP contribution in [0, 0.1) is 0 Å². The van der Waals surface area contributed by atoms with Gasteiger partial charge in [-0.25, -0.2) is 0 Å². The Bertz CT molecular complexity index is 307. The first-order chi connectivity index (χ1) is 6.79. The highest BCUT2D eigenvalue weighted by Gasteiger charge is 2.31. The molecule has 0 saturated carbocycles. The molecule has 0 aliphatic heterocycles. The first kappa shape index (κ1) is 19.5. The summed E-state index contributed by atoms with van der Waals surface area (Å²) in [6.07, 6.45) is 0. The lowest BCUT2D eigenvalue weighted by Crippen LogP contribution is -1.96. The highest BCUT2D eigenvalue weighted by atomic mass is 33.2. The Balaban J connectivity index is 4.72. The topological polar surface area (TPSA) is 0 Å². The van der Waals surface area contributed by atoms with Crippen molar-refractivity contribution < 1.29 is 0 Å². The second-order valence-electron chi connectivity index (χ2n) is 4.36. The first-order valence-corrected chi connectivity index (χ1v) is 24.3. The van der Waals surface area contributed by atoms with Crippen molar-refractivity contribution in [2.45, 2.75) is 0 Å². The van der Waals surface area contributed by atoms with Crippen LogP contribution in [0.15, 0.2) is 0 Å². The molecule has 0 bridgehead atoms. The molecule has 0 spiro atoms. The van der Waals surface area contributed by atoms with E-state index in [1.165, 1.54) is 0 Å². The van der Waals surface area contributed by atoms with E-state index in [4.69, 9.17) is 35.4 Å². The van der Waals surface area contributed by atoms with E-state index in [9.17, 15) is 0 Å². The molecule has 0 heterocycles. The maximum atomic E-state index is 5.58. The normalized spacial score (nSPS) is 13.9. The average Bonchev–Trinajstić information content (AvgIpc) is 1.70. The van der Waals surface area contributed by atoms with Crippen molar-refractivity contribution in [1.82, 2.24) is 0 Å². The van der Waals surface area contributed by atoms with Gasteiger partial charge in [0.1, 0.15) is 0 Å². The lowest BCUT2D eigenvalue weighted by Gasteiger charge is -2.22. The molecule has 0 aromatic rings. The van der Waals surface area contributed by atoms with Gasteiger partial charge in [0.25, 0.3) is 0 Å². The van der Waals surface area contributed by atoms with Crippen molar-refractivity contribution >= 4 is 91.1 Å². The van der Waals surface area contributed by atoms with Gasteiger partial charge in [0.2, 0.25) is 0 Å². The predicted octanol–water partition coefficient (Wildman–Crippen LogP) is 5.13. The summed E-state index contributed by atoms with van der Waals surface area (Å²) in [5.74, 6) is 0. The molecule has 0 fully saturated rings. The van der Waals surface area contributed by atoms with Gasteiger partial charge in [0, 0.05) is 0 Å². The molecule has 0 radical (unpaired) electrons. The number of hydrogen-bond donors (Lipinski definition) is 0. The zero-order chi connectivity index (χ0) is 13.2. The molecule has 0 atom stereocenters. The molecule has 96 valence electrons. The standard InChI is InChI=1S/3C2H7PS2.Al/c3*1-3(2,4)5;/h3*1-2H3,(H,4,5);/q;;;+3/p-3. The van der Waals surface area contributed by atoms with Crippen LogP contribution in [0.5, 0.6) is 0 Å². The van der Waals surface area contributed by atoms with E-state index < -0.39 is 26.5 Å². The summed E-state index contributed by atoms with van der Waals surface area (Å²) in [6.45, 7) is 13.3. The second-order valence-corrected chi connectivity index (χ2v) is 46.1. The van der Waals surface area contributed by atoms with Crippen molar-refractivity contribution in [3.05, 3.63) is 0 Å². The molecule has 0 amide bonds. The maximum absolute atomic E-state index is 5.58. The van der Waals surface area contributed by atoms with Gasteiger partial charge < -0.3 is 0 Å². The van der Waals surface area contributed by atoms with Crippen LogP contribution in [0.25, 0.3) is 0 Å². The van der Waals surface area contributed by atoms with Crippen LogP contribution in [-0.2, 0) is 35.4 Å². The molecule has 0 unspecified atom stereocenters. The van der Waals surface area contributed by atoms with E-state index in [2.05, 4.69) is 69.2 Å². The summed E-state index contributed by atoms with van der Waals surface area (Å²) >= 11 is 16.7. The zero-order valence-electron chi connectivity index (χ0n) is 10.4. The van der Waals surface area contributed by atoms with Gasteiger partial charge in [0.05, 0.1) is 0 Å². The van der Waals surface area contributed by atoms with Gasteiger partial charge in [-0.15, -0.1) is 0 Å². The van der Waals surface area contributed by atoms with Gasteiger partial charge in [0.15, 0.2) is 0 Å². The van der Waals surface area contributed by atoms with Gasteiger partial charge in [-0.05, 0) is 55.7 Å². The van der Waals surface area contributed by atoms with E-state index in [0.717, 1.165) is 0 Å². The Morgan fingerprint density at radius 3 is 0.938 bits per heavy atom. The minimum Gasteiger partial charge on any atom is -0.192 e. The zero-order valence-corrected chi connectivity index (χ0v) is 19.1. The summed E-state index contributed by atoms with van der Waals surface area (Å²) in [5.41, 5.74) is 0. The molecular weight excluding hydrogens is 384 g/mol. The summed E-state index contributed by atoms with van der Waals surface area (Å²) in [6, 6.07) is 0. The monoisotopic (exact) mass is 402 g/mol. The van der Waals surface area contributed by atoms with Gasteiger partial charge in [-0.2, -0.15) is 29.2 Å². The summed E-state index contributed by atoms with van der Waals surface area (Å²) in [5, 5.41) is -3.54. The van der Waals surface area contributed by atoms with E-state index in [0.29, 0.717) is 0 Å². The van der Waals surface area contributed by atoms with Crippen LogP contribution in [0.3, 0.4) is 0 Å². The van der Waals surface area contributed by atoms with Crippen LogP contribution in [-0.4, -0.2) is 50.7 Å². The van der Waals surface area contributed by atoms with Crippen molar-refractivity contribution in [3.63, 3.8) is 0 Å². The molecule has 0 aromatic carbocycles. The quantitative estimate of drug-likeness (QED) is 0.443. The molecule has 10 heteroatoms. The molecular formula is C6H18AlP3S6. The summed E-state index contributed by atoms with van der Waals surface area (Å²) in [4.78, 5) is 0. The third-order valence-corrected chi connectivity index (χ3v) is 48.4. The number of hydrogen-bond acceptors (Lipinski definition) is 6. The Kier molecular flexibility index (Phi) is 9.17. The lowest BCUT2D eigenvalue weighted by molar-refractivity contribution is 2.29. The Labute approximate surface area is 129 Å². The molecule has 0 aliphatic carbocycles. The minimum absolute atomic E-state index is 1.02. The average molecular weight is 403 g/mol. The molecule has 16 heavy (non-hydrogen) atoms. The van der Waals surface area contributed by atoms with Crippen molar-refractivity contribution in [3.8, 4) is 0 Å². The van der Waals surface area contributed by atoms with Crippen molar-refractivity contribution in [2.75, 3.05) is 40.0 Å². The van der Waals surface area contributed by atoms with Crippen LogP contribution < -0.4 is 0 Å². The summed E-state index contributed by atoms with van der Waals surface area (Å²) in [7, 11) is 5.18. The van der Waals surface area contributed by atoms with Crippen LogP contribution >= 0.6 is 45.0 Å². The van der Waals surface area contributed by atoms with E-state index in [1.54, 1.807) is 0 Å². The first-order valence-electron chi connectivity index (χ1n) is 4.49. The Morgan fingerprint density at radius 2 is 0.812 bits per heavy atom. The van der Waals surface area contributed by atoms with Gasteiger partial charge in [-0.3, -0.25) is 0 Å². The largest absolute Gasteiger partial charge is 0.530 e. The second kappa shape index (κ2) is 7.52. The molecule has 0 saturated heterocycles. The van der Waals surface area contributed by atoms with Crippen molar-refractivity contribution in [1.29, 1.82) is 0 Å². The van der Waals surface area contributed by atoms with E-state index in [-0.39, 0.29) is 0 Å². The van der Waals surface area contributed by atoms with E-state index >= 15 is 0 Å². The maximum Gasteiger partial charge on any atom is 0.530 e. The third kappa shape index (κ3) is 14.0. The SMILES string of the molecule is CP(C)(=S)[S][Al]([S]P(C)(C)=S)[S]P(C)(C)=S. The van der Waals surface area contributed by atoms with Gasteiger partial charge in [-0.1, -0.05) is 35.4 Å². The molecule has 0 nitrogen and oxygen atoms in total.